The quantitative estimate of drug-likeness (QED) is 0.289. The monoisotopic (exact) mass is 388 g/mol. The molecule has 4 aromatic carbocycles. The van der Waals surface area contributed by atoms with Gasteiger partial charge in [0, 0.05) is 17.3 Å². The van der Waals surface area contributed by atoms with Gasteiger partial charge in [-0.1, -0.05) is 92.0 Å². The van der Waals surface area contributed by atoms with E-state index >= 15 is 0 Å². The SMILES string of the molecule is C[Si]1(C)c2cnc(-c3ccccc3)nc2-c2c1c1ccccc1c1ccccc21. The van der Waals surface area contributed by atoms with E-state index in [2.05, 4.69) is 80.0 Å². The summed E-state index contributed by atoms with van der Waals surface area (Å²) in [6, 6.07) is 27.9. The molecule has 2 nitrogen and oxygen atoms in total. The molecule has 0 N–H and O–H groups in total. The van der Waals surface area contributed by atoms with E-state index in [4.69, 9.17) is 9.97 Å². The molecule has 0 saturated heterocycles. The predicted molar refractivity (Wildman–Crippen MR) is 125 cm³/mol. The predicted octanol–water partition coefficient (Wildman–Crippen LogP) is 5.25. The molecule has 2 heterocycles. The molecule has 0 aliphatic carbocycles. The fourth-order valence-electron chi connectivity index (χ4n) is 4.93. The van der Waals surface area contributed by atoms with Gasteiger partial charge in [0.05, 0.1) is 5.69 Å². The summed E-state index contributed by atoms with van der Waals surface area (Å²) in [4.78, 5) is 9.92. The summed E-state index contributed by atoms with van der Waals surface area (Å²) in [7, 11) is -1.91. The summed E-state index contributed by atoms with van der Waals surface area (Å²) in [5.74, 6) is 0.805. The molecule has 0 fully saturated rings. The van der Waals surface area contributed by atoms with Crippen LogP contribution in [0.2, 0.25) is 13.1 Å². The van der Waals surface area contributed by atoms with Crippen molar-refractivity contribution in [3.8, 4) is 22.6 Å². The molecule has 0 amide bonds. The van der Waals surface area contributed by atoms with Gasteiger partial charge in [0.25, 0.3) is 0 Å². The van der Waals surface area contributed by atoms with Crippen LogP contribution in [0.3, 0.4) is 0 Å². The molecule has 0 saturated carbocycles. The second kappa shape index (κ2) is 5.85. The average molecular weight is 389 g/mol. The lowest BCUT2D eigenvalue weighted by molar-refractivity contribution is 1.20. The van der Waals surface area contributed by atoms with Crippen LogP contribution < -0.4 is 10.4 Å². The van der Waals surface area contributed by atoms with Crippen LogP contribution in [-0.4, -0.2) is 18.0 Å². The number of rotatable bonds is 1. The zero-order valence-corrected chi connectivity index (χ0v) is 17.5. The highest BCUT2D eigenvalue weighted by molar-refractivity contribution is 7.05. The third-order valence-electron chi connectivity index (χ3n) is 6.29. The Morgan fingerprint density at radius 3 is 1.97 bits per heavy atom. The second-order valence-electron chi connectivity index (χ2n) is 8.29. The molecule has 0 bridgehead atoms. The van der Waals surface area contributed by atoms with Crippen molar-refractivity contribution in [1.82, 2.24) is 9.97 Å². The number of hydrogen-bond acceptors (Lipinski definition) is 2. The summed E-state index contributed by atoms with van der Waals surface area (Å²) in [6.07, 6.45) is 2.10. The van der Waals surface area contributed by atoms with Gasteiger partial charge in [-0.05, 0) is 31.9 Å². The van der Waals surface area contributed by atoms with Gasteiger partial charge in [-0.3, -0.25) is 0 Å². The van der Waals surface area contributed by atoms with Crippen LogP contribution in [0.15, 0.2) is 85.1 Å². The van der Waals surface area contributed by atoms with Crippen LogP contribution in [0.1, 0.15) is 0 Å². The summed E-state index contributed by atoms with van der Waals surface area (Å²) < 4.78 is 0. The zero-order chi connectivity index (χ0) is 19.6. The largest absolute Gasteiger partial charge is 0.237 e. The lowest BCUT2D eigenvalue weighted by Crippen LogP contribution is -2.49. The Hall–Kier alpha value is -3.30. The molecule has 1 aliphatic rings. The molecule has 6 rings (SSSR count). The van der Waals surface area contributed by atoms with Gasteiger partial charge >= 0.3 is 0 Å². The first-order valence-electron chi connectivity index (χ1n) is 10.0. The second-order valence-corrected chi connectivity index (χ2v) is 12.6. The molecule has 0 unspecified atom stereocenters. The normalized spacial score (nSPS) is 14.1. The van der Waals surface area contributed by atoms with Gasteiger partial charge < -0.3 is 0 Å². The van der Waals surface area contributed by atoms with Gasteiger partial charge in [0.2, 0.25) is 0 Å². The molecule has 0 spiro atoms. The molecular formula is C26H20N2Si. The van der Waals surface area contributed by atoms with E-state index in [1.807, 2.05) is 18.2 Å². The Bertz CT molecular complexity index is 1420. The maximum Gasteiger partial charge on any atom is 0.159 e. The van der Waals surface area contributed by atoms with E-state index in [0.29, 0.717) is 0 Å². The molecule has 138 valence electrons. The smallest absolute Gasteiger partial charge is 0.159 e. The topological polar surface area (TPSA) is 25.8 Å². The Morgan fingerprint density at radius 1 is 0.655 bits per heavy atom. The summed E-state index contributed by atoms with van der Waals surface area (Å²) in [5.41, 5.74) is 3.52. The van der Waals surface area contributed by atoms with Gasteiger partial charge in [0.1, 0.15) is 8.07 Å². The molecule has 3 heteroatoms. The van der Waals surface area contributed by atoms with Crippen LogP contribution in [0, 0.1) is 0 Å². The van der Waals surface area contributed by atoms with Crippen molar-refractivity contribution in [2.24, 2.45) is 0 Å². The number of hydrogen-bond donors (Lipinski definition) is 0. The number of benzene rings is 4. The van der Waals surface area contributed by atoms with Crippen molar-refractivity contribution in [2.75, 3.05) is 0 Å². The molecular weight excluding hydrogens is 368 g/mol. The maximum atomic E-state index is 5.14. The van der Waals surface area contributed by atoms with Crippen molar-refractivity contribution < 1.29 is 0 Å². The maximum absolute atomic E-state index is 5.14. The third kappa shape index (κ3) is 2.22. The van der Waals surface area contributed by atoms with Crippen LogP contribution >= 0.6 is 0 Å². The lowest BCUT2D eigenvalue weighted by atomic mass is 9.95. The van der Waals surface area contributed by atoms with Gasteiger partial charge in [-0.25, -0.2) is 9.97 Å². The highest BCUT2D eigenvalue weighted by atomic mass is 28.3. The van der Waals surface area contributed by atoms with Crippen molar-refractivity contribution in [3.63, 3.8) is 0 Å². The van der Waals surface area contributed by atoms with E-state index in [0.717, 1.165) is 17.1 Å². The minimum absolute atomic E-state index is 0.805. The Morgan fingerprint density at radius 2 is 1.24 bits per heavy atom. The summed E-state index contributed by atoms with van der Waals surface area (Å²) in [6.45, 7) is 4.87. The fourth-order valence-corrected chi connectivity index (χ4v) is 8.13. The fraction of sp³-hybridized carbons (Fsp3) is 0.0769. The van der Waals surface area contributed by atoms with Crippen LogP contribution in [0.4, 0.5) is 0 Å². The van der Waals surface area contributed by atoms with Crippen LogP contribution in [0.25, 0.3) is 44.2 Å². The van der Waals surface area contributed by atoms with E-state index in [1.54, 1.807) is 0 Å². The average Bonchev–Trinajstić information content (AvgIpc) is 3.02. The first kappa shape index (κ1) is 16.6. The molecule has 1 aliphatic heterocycles. The van der Waals surface area contributed by atoms with Gasteiger partial charge in [0.15, 0.2) is 5.82 Å². The van der Waals surface area contributed by atoms with Gasteiger partial charge in [-0.2, -0.15) is 0 Å². The van der Waals surface area contributed by atoms with E-state index in [1.165, 1.54) is 37.5 Å². The highest BCUT2D eigenvalue weighted by Crippen LogP contribution is 2.38. The van der Waals surface area contributed by atoms with Crippen LogP contribution in [0.5, 0.6) is 0 Å². The minimum atomic E-state index is -1.91. The molecule has 29 heavy (non-hydrogen) atoms. The van der Waals surface area contributed by atoms with E-state index in [9.17, 15) is 0 Å². The van der Waals surface area contributed by atoms with Crippen molar-refractivity contribution >= 4 is 40.0 Å². The molecule has 0 radical (unpaired) electrons. The zero-order valence-electron chi connectivity index (χ0n) is 16.5. The number of aromatic nitrogens is 2. The van der Waals surface area contributed by atoms with Crippen molar-refractivity contribution in [2.45, 2.75) is 13.1 Å². The molecule has 0 atom stereocenters. The Balaban J connectivity index is 1.78. The first-order chi connectivity index (χ1) is 14.2. The van der Waals surface area contributed by atoms with Crippen LogP contribution in [-0.2, 0) is 0 Å². The Labute approximate surface area is 170 Å². The van der Waals surface area contributed by atoms with Crippen molar-refractivity contribution in [3.05, 3.63) is 85.1 Å². The summed E-state index contributed by atoms with van der Waals surface area (Å²) >= 11 is 0. The minimum Gasteiger partial charge on any atom is -0.237 e. The van der Waals surface area contributed by atoms with E-state index < -0.39 is 8.07 Å². The first-order valence-corrected chi connectivity index (χ1v) is 13.0. The number of nitrogens with zero attached hydrogens (tertiary/aromatic N) is 2. The Kier molecular flexibility index (Phi) is 3.35. The van der Waals surface area contributed by atoms with Crippen molar-refractivity contribution in [1.29, 1.82) is 0 Å². The molecule has 1 aromatic heterocycles. The van der Waals surface area contributed by atoms with E-state index in [-0.39, 0.29) is 0 Å². The highest BCUT2D eigenvalue weighted by Gasteiger charge is 2.41. The molecule has 5 aromatic rings. The lowest BCUT2D eigenvalue weighted by Gasteiger charge is -2.21. The number of fused-ring (bicyclic) bond motifs is 8. The standard InChI is InChI=1S/C26H20N2Si/c1-29(2)22-16-27-26(17-10-4-3-5-11-17)28-24(22)23-20-14-8-6-12-18(20)19-13-7-9-15-21(19)25(23)29/h3-16H,1-2H3. The third-order valence-corrected chi connectivity index (χ3v) is 9.77. The van der Waals surface area contributed by atoms with Gasteiger partial charge in [-0.15, -0.1) is 0 Å². The summed E-state index contributed by atoms with van der Waals surface area (Å²) in [5, 5.41) is 8.16.